The average molecular weight is 510 g/mol. The Morgan fingerprint density at radius 2 is 1.89 bits per heavy atom. The van der Waals surface area contributed by atoms with E-state index in [2.05, 4.69) is 15.0 Å². The van der Waals surface area contributed by atoms with Crippen LogP contribution in [0.3, 0.4) is 0 Å². The molecular weight excluding hydrogens is 489 g/mol. The average Bonchev–Trinajstić information content (AvgIpc) is 3.22. The Kier molecular flexibility index (Phi) is 4.91. The summed E-state index contributed by atoms with van der Waals surface area (Å²) in [5.41, 5.74) is 2.00. The number of rotatable bonds is 2. The molecule has 11 heteroatoms. The van der Waals surface area contributed by atoms with Crippen molar-refractivity contribution in [3.8, 4) is 5.75 Å². The van der Waals surface area contributed by atoms with Gasteiger partial charge in [-0.2, -0.15) is 0 Å². The summed E-state index contributed by atoms with van der Waals surface area (Å²) in [7, 11) is 1.49. The van der Waals surface area contributed by atoms with Crippen molar-refractivity contribution in [2.75, 3.05) is 0 Å². The summed E-state index contributed by atoms with van der Waals surface area (Å²) < 4.78 is 44.0. The predicted molar refractivity (Wildman–Crippen MR) is 128 cm³/mol. The third-order valence-corrected chi connectivity index (χ3v) is 7.16. The zero-order valence-electron chi connectivity index (χ0n) is 19.7. The van der Waals surface area contributed by atoms with Gasteiger partial charge in [0.1, 0.15) is 17.3 Å². The van der Waals surface area contributed by atoms with Gasteiger partial charge in [-0.25, -0.2) is 0 Å². The van der Waals surface area contributed by atoms with Crippen LogP contribution in [0.4, 0.5) is 13.2 Å². The second kappa shape index (κ2) is 7.86. The molecule has 2 bridgehead atoms. The standard InChI is InChI=1S/C26H21F3N4O4/c1-12-22-15-6-4-3-5-13(15)9-19(23(34)30-12)33(22)24(35)17-11-32(2)25(36)21-20(17)16-10-14(37-26(27,28)29)7-8-18(16)31-21/h3-8,10-12,19,22,31H,9H2,1-2H3,(H,30,34)/t12-,19+,22+/m1/s1. The summed E-state index contributed by atoms with van der Waals surface area (Å²) in [6.45, 7) is 1.82. The molecule has 2 aliphatic heterocycles. The summed E-state index contributed by atoms with van der Waals surface area (Å²) in [5, 5.41) is 3.37. The number of nitrogens with one attached hydrogen (secondary N) is 2. The largest absolute Gasteiger partial charge is 0.573 e. The Morgan fingerprint density at radius 1 is 1.14 bits per heavy atom. The van der Waals surface area contributed by atoms with Crippen LogP contribution in [0.2, 0.25) is 0 Å². The summed E-state index contributed by atoms with van der Waals surface area (Å²) >= 11 is 0. The molecule has 2 N–H and O–H groups in total. The monoisotopic (exact) mass is 510 g/mol. The first-order valence-corrected chi connectivity index (χ1v) is 11.6. The number of ether oxygens (including phenoxy) is 1. The summed E-state index contributed by atoms with van der Waals surface area (Å²) in [6, 6.07) is 9.66. The minimum atomic E-state index is -4.91. The molecule has 2 aromatic carbocycles. The van der Waals surface area contributed by atoms with E-state index < -0.39 is 35.7 Å². The molecule has 1 fully saturated rings. The maximum Gasteiger partial charge on any atom is 0.573 e. The van der Waals surface area contributed by atoms with Crippen molar-refractivity contribution in [3.63, 3.8) is 0 Å². The number of alkyl halides is 3. The molecule has 3 atom stereocenters. The first-order chi connectivity index (χ1) is 17.5. The Bertz CT molecular complexity index is 1670. The van der Waals surface area contributed by atoms with Crippen LogP contribution in [0.5, 0.6) is 5.75 Å². The first-order valence-electron chi connectivity index (χ1n) is 11.6. The van der Waals surface area contributed by atoms with Crippen molar-refractivity contribution in [1.82, 2.24) is 19.8 Å². The zero-order chi connectivity index (χ0) is 26.2. The highest BCUT2D eigenvalue weighted by molar-refractivity contribution is 6.18. The third kappa shape index (κ3) is 3.56. The number of halogens is 3. The number of carbonyl (C=O) groups excluding carboxylic acids is 2. The van der Waals surface area contributed by atoms with Gasteiger partial charge >= 0.3 is 6.36 Å². The van der Waals surface area contributed by atoms with Crippen LogP contribution in [0.25, 0.3) is 21.8 Å². The molecule has 0 saturated carbocycles. The van der Waals surface area contributed by atoms with E-state index in [4.69, 9.17) is 0 Å². The fourth-order valence-corrected chi connectivity index (χ4v) is 5.66. The summed E-state index contributed by atoms with van der Waals surface area (Å²) in [5.74, 6) is -1.25. The maximum absolute atomic E-state index is 14.3. The molecule has 0 aliphatic carbocycles. The number of aromatic amines is 1. The number of benzene rings is 2. The number of pyridine rings is 1. The van der Waals surface area contributed by atoms with Crippen molar-refractivity contribution >= 4 is 33.6 Å². The van der Waals surface area contributed by atoms with Crippen molar-refractivity contribution in [1.29, 1.82) is 0 Å². The van der Waals surface area contributed by atoms with Crippen molar-refractivity contribution in [2.24, 2.45) is 7.05 Å². The smallest absolute Gasteiger partial charge is 0.406 e. The summed E-state index contributed by atoms with van der Waals surface area (Å²) in [4.78, 5) is 44.7. The number of hydrogen-bond acceptors (Lipinski definition) is 4. The van der Waals surface area contributed by atoms with Crippen molar-refractivity contribution in [3.05, 3.63) is 75.7 Å². The number of nitrogens with zero attached hydrogens (tertiary/aromatic N) is 2. The highest BCUT2D eigenvalue weighted by atomic mass is 19.4. The predicted octanol–water partition coefficient (Wildman–Crippen LogP) is 3.54. The van der Waals surface area contributed by atoms with Crippen LogP contribution in [-0.4, -0.2) is 44.7 Å². The molecule has 0 spiro atoms. The van der Waals surface area contributed by atoms with E-state index in [1.165, 1.54) is 23.9 Å². The number of fused-ring (bicyclic) bond motifs is 7. The number of aromatic nitrogens is 2. The highest BCUT2D eigenvalue weighted by Crippen LogP contribution is 2.40. The Balaban J connectivity index is 1.57. The van der Waals surface area contributed by atoms with Gasteiger partial charge in [-0.1, -0.05) is 24.3 Å². The van der Waals surface area contributed by atoms with Gasteiger partial charge in [0.05, 0.1) is 17.6 Å². The van der Waals surface area contributed by atoms with Gasteiger partial charge < -0.3 is 24.5 Å². The molecule has 190 valence electrons. The number of carbonyl (C=O) groups is 2. The van der Waals surface area contributed by atoms with E-state index in [0.29, 0.717) is 11.9 Å². The quantitative estimate of drug-likeness (QED) is 0.431. The molecule has 8 nitrogen and oxygen atoms in total. The van der Waals surface area contributed by atoms with Crippen molar-refractivity contribution < 1.29 is 27.5 Å². The highest BCUT2D eigenvalue weighted by Gasteiger charge is 2.48. The van der Waals surface area contributed by atoms with Gasteiger partial charge in [-0.05, 0) is 36.2 Å². The molecule has 2 amide bonds. The number of piperazine rings is 1. The van der Waals surface area contributed by atoms with Crippen LogP contribution in [0.1, 0.15) is 34.5 Å². The fraction of sp³-hybridized carbons (Fsp3) is 0.269. The van der Waals surface area contributed by atoms with E-state index in [9.17, 15) is 27.6 Å². The lowest BCUT2D eigenvalue weighted by molar-refractivity contribution is -0.274. The molecular formula is C26H21F3N4O4. The van der Waals surface area contributed by atoms with Crippen LogP contribution in [0.15, 0.2) is 53.5 Å². The molecule has 2 aliphatic rings. The lowest BCUT2D eigenvalue weighted by atomic mass is 9.81. The van der Waals surface area contributed by atoms with Gasteiger partial charge in [0.25, 0.3) is 11.5 Å². The Labute approximate surface area is 207 Å². The normalized spacial score (nSPS) is 21.2. The molecule has 0 radical (unpaired) electrons. The molecule has 4 heterocycles. The Hall–Kier alpha value is -4.28. The van der Waals surface area contributed by atoms with Crippen LogP contribution >= 0.6 is 0 Å². The molecule has 6 rings (SSSR count). The van der Waals surface area contributed by atoms with E-state index in [1.807, 2.05) is 31.2 Å². The van der Waals surface area contributed by atoms with Gasteiger partial charge in [0.15, 0.2) is 0 Å². The lowest BCUT2D eigenvalue weighted by Crippen LogP contribution is -2.64. The number of amides is 2. The third-order valence-electron chi connectivity index (χ3n) is 7.16. The molecule has 2 aromatic heterocycles. The van der Waals surface area contributed by atoms with Crippen molar-refractivity contribution in [2.45, 2.75) is 37.8 Å². The van der Waals surface area contributed by atoms with E-state index in [0.717, 1.165) is 23.3 Å². The number of hydrogen-bond donors (Lipinski definition) is 2. The van der Waals surface area contributed by atoms with Gasteiger partial charge in [-0.15, -0.1) is 13.2 Å². The second-order valence-corrected chi connectivity index (χ2v) is 9.46. The minimum absolute atomic E-state index is 0.0765. The van der Waals surface area contributed by atoms with Crippen LogP contribution < -0.4 is 15.6 Å². The minimum Gasteiger partial charge on any atom is -0.406 e. The molecule has 1 saturated heterocycles. The van der Waals surface area contributed by atoms with E-state index in [-0.39, 0.29) is 33.8 Å². The van der Waals surface area contributed by atoms with E-state index >= 15 is 0 Å². The topological polar surface area (TPSA) is 96.4 Å². The SMILES string of the molecule is C[C@H]1NC(=O)[C@@H]2Cc3ccccc3[C@H]1N2C(=O)c1cn(C)c(=O)c2[nH]c3ccc(OC(F)(F)F)cc3c12. The van der Waals surface area contributed by atoms with Crippen LogP contribution in [-0.2, 0) is 18.3 Å². The molecule has 0 unspecified atom stereocenters. The van der Waals surface area contributed by atoms with Gasteiger partial charge in [0, 0.05) is 36.0 Å². The van der Waals surface area contributed by atoms with Gasteiger partial charge in [-0.3, -0.25) is 14.4 Å². The zero-order valence-corrected chi connectivity index (χ0v) is 19.7. The maximum atomic E-state index is 14.3. The lowest BCUT2D eigenvalue weighted by Gasteiger charge is -2.49. The first kappa shape index (κ1) is 23.1. The fourth-order valence-electron chi connectivity index (χ4n) is 5.66. The van der Waals surface area contributed by atoms with Crippen LogP contribution in [0, 0.1) is 0 Å². The second-order valence-electron chi connectivity index (χ2n) is 9.46. The number of H-pyrrole nitrogens is 1. The van der Waals surface area contributed by atoms with E-state index in [1.54, 1.807) is 4.90 Å². The number of aryl methyl sites for hydroxylation is 1. The Morgan fingerprint density at radius 3 is 2.65 bits per heavy atom. The van der Waals surface area contributed by atoms with Gasteiger partial charge in [0.2, 0.25) is 5.91 Å². The molecule has 37 heavy (non-hydrogen) atoms. The molecule has 4 aromatic rings. The summed E-state index contributed by atoms with van der Waals surface area (Å²) in [6.07, 6.45) is -3.21.